The number of rotatable bonds is 5. The van der Waals surface area contributed by atoms with E-state index in [1.54, 1.807) is 17.1 Å². The minimum Gasteiger partial charge on any atom is -0.327 e. The normalized spacial score (nSPS) is 17.5. The van der Waals surface area contributed by atoms with E-state index in [0.29, 0.717) is 17.8 Å². The van der Waals surface area contributed by atoms with E-state index in [-0.39, 0.29) is 11.8 Å². The molecule has 4 nitrogen and oxygen atoms in total. The largest absolute Gasteiger partial charge is 0.327 e. The van der Waals surface area contributed by atoms with Gasteiger partial charge in [-0.25, -0.2) is 4.79 Å². The monoisotopic (exact) mass is 346 g/mol. The van der Waals surface area contributed by atoms with Gasteiger partial charge in [0.15, 0.2) is 5.78 Å². The van der Waals surface area contributed by atoms with E-state index in [4.69, 9.17) is 0 Å². The molecule has 1 N–H and O–H groups in total. The van der Waals surface area contributed by atoms with Crippen LogP contribution >= 0.6 is 0 Å². The first-order valence-corrected chi connectivity index (χ1v) is 8.73. The molecule has 1 aliphatic heterocycles. The van der Waals surface area contributed by atoms with Gasteiger partial charge in [0.25, 0.3) is 0 Å². The Hall–Kier alpha value is -3.14. The standard InChI is InChI=1S/C22H22N2O2/c1-3-24-16(2)20(19(25)15-14-17-10-6-4-7-11-17)21(23-22(24)26)18-12-8-5-9-13-18/h4-15,21H,3H2,1-2H3,(H,23,26)/b15-14+/t21-/m0/s1. The molecular weight excluding hydrogens is 324 g/mol. The Morgan fingerprint density at radius 3 is 2.31 bits per heavy atom. The first-order valence-electron chi connectivity index (χ1n) is 8.73. The molecule has 0 saturated carbocycles. The second-order valence-corrected chi connectivity index (χ2v) is 6.14. The summed E-state index contributed by atoms with van der Waals surface area (Å²) in [7, 11) is 0. The van der Waals surface area contributed by atoms with E-state index in [2.05, 4.69) is 5.32 Å². The number of ketones is 1. The smallest absolute Gasteiger partial charge is 0.322 e. The Bertz CT molecular complexity index is 854. The molecule has 0 saturated heterocycles. The van der Waals surface area contributed by atoms with Gasteiger partial charge in [-0.2, -0.15) is 0 Å². The lowest BCUT2D eigenvalue weighted by molar-refractivity contribution is -0.111. The molecule has 26 heavy (non-hydrogen) atoms. The fraction of sp³-hybridized carbons (Fsp3) is 0.182. The number of carbonyl (C=O) groups excluding carboxylic acids is 2. The summed E-state index contributed by atoms with van der Waals surface area (Å²) in [4.78, 5) is 27.0. The predicted molar refractivity (Wildman–Crippen MR) is 103 cm³/mol. The molecule has 0 spiro atoms. The van der Waals surface area contributed by atoms with E-state index in [1.165, 1.54) is 0 Å². The van der Waals surface area contributed by atoms with Crippen LogP contribution in [0.1, 0.15) is 31.0 Å². The second kappa shape index (κ2) is 7.83. The van der Waals surface area contributed by atoms with Crippen molar-refractivity contribution in [3.05, 3.63) is 89.1 Å². The molecule has 0 bridgehead atoms. The van der Waals surface area contributed by atoms with Crippen molar-refractivity contribution >= 4 is 17.9 Å². The highest BCUT2D eigenvalue weighted by atomic mass is 16.2. The Labute approximate surface area is 153 Å². The van der Waals surface area contributed by atoms with Crippen LogP contribution < -0.4 is 5.32 Å². The zero-order chi connectivity index (χ0) is 18.5. The zero-order valence-corrected chi connectivity index (χ0v) is 15.0. The molecule has 3 rings (SSSR count). The maximum Gasteiger partial charge on any atom is 0.322 e. The molecule has 0 aromatic heterocycles. The van der Waals surface area contributed by atoms with Gasteiger partial charge >= 0.3 is 6.03 Å². The SMILES string of the molecule is CCN1C(=O)N[C@@H](c2ccccc2)C(C(=O)/C=C/c2ccccc2)=C1C. The average molecular weight is 346 g/mol. The van der Waals surface area contributed by atoms with Gasteiger partial charge in [0.1, 0.15) is 0 Å². The second-order valence-electron chi connectivity index (χ2n) is 6.14. The molecule has 0 aliphatic carbocycles. The van der Waals surface area contributed by atoms with Crippen molar-refractivity contribution in [2.24, 2.45) is 0 Å². The minimum atomic E-state index is -0.445. The predicted octanol–water partition coefficient (Wildman–Crippen LogP) is 4.33. The average Bonchev–Trinajstić information content (AvgIpc) is 2.67. The first kappa shape index (κ1) is 17.7. The summed E-state index contributed by atoms with van der Waals surface area (Å²) in [6, 6.07) is 18.6. The van der Waals surface area contributed by atoms with Crippen LogP contribution in [0.25, 0.3) is 6.08 Å². The van der Waals surface area contributed by atoms with Crippen molar-refractivity contribution < 1.29 is 9.59 Å². The highest BCUT2D eigenvalue weighted by molar-refractivity contribution is 6.09. The molecule has 0 radical (unpaired) electrons. The van der Waals surface area contributed by atoms with Crippen molar-refractivity contribution in [1.82, 2.24) is 10.2 Å². The number of allylic oxidation sites excluding steroid dienone is 2. The van der Waals surface area contributed by atoms with Crippen molar-refractivity contribution in [3.8, 4) is 0 Å². The molecule has 0 fully saturated rings. The molecule has 4 heteroatoms. The number of hydrogen-bond donors (Lipinski definition) is 1. The van der Waals surface area contributed by atoms with Gasteiger partial charge in [0, 0.05) is 17.8 Å². The van der Waals surface area contributed by atoms with Gasteiger partial charge in [-0.1, -0.05) is 66.7 Å². The lowest BCUT2D eigenvalue weighted by Gasteiger charge is -2.35. The number of nitrogens with one attached hydrogen (secondary N) is 1. The van der Waals surface area contributed by atoms with Gasteiger partial charge in [0.2, 0.25) is 0 Å². The first-order chi connectivity index (χ1) is 12.6. The quantitative estimate of drug-likeness (QED) is 0.819. The van der Waals surface area contributed by atoms with Crippen LogP contribution in [0.3, 0.4) is 0 Å². The number of urea groups is 1. The van der Waals surface area contributed by atoms with E-state index >= 15 is 0 Å². The summed E-state index contributed by atoms with van der Waals surface area (Å²) in [6.07, 6.45) is 3.38. The van der Waals surface area contributed by atoms with E-state index < -0.39 is 6.04 Å². The summed E-state index contributed by atoms with van der Waals surface area (Å²) >= 11 is 0. The van der Waals surface area contributed by atoms with E-state index in [9.17, 15) is 9.59 Å². The molecular formula is C22H22N2O2. The third-order valence-corrected chi connectivity index (χ3v) is 4.54. The maximum absolute atomic E-state index is 13.0. The Morgan fingerprint density at radius 2 is 1.69 bits per heavy atom. The number of benzene rings is 2. The van der Waals surface area contributed by atoms with Crippen LogP contribution in [0.2, 0.25) is 0 Å². The summed E-state index contributed by atoms with van der Waals surface area (Å²) < 4.78 is 0. The van der Waals surface area contributed by atoms with Gasteiger partial charge in [-0.05, 0) is 31.1 Å². The fourth-order valence-corrected chi connectivity index (χ4v) is 3.20. The molecule has 1 aliphatic rings. The molecule has 1 heterocycles. The van der Waals surface area contributed by atoms with Gasteiger partial charge in [-0.3, -0.25) is 9.69 Å². The van der Waals surface area contributed by atoms with Crippen LogP contribution in [0.4, 0.5) is 4.79 Å². The molecule has 1 atom stereocenters. The fourth-order valence-electron chi connectivity index (χ4n) is 3.20. The lowest BCUT2D eigenvalue weighted by Crippen LogP contribution is -2.47. The highest BCUT2D eigenvalue weighted by Gasteiger charge is 2.33. The summed E-state index contributed by atoms with van der Waals surface area (Å²) in [6.45, 7) is 4.24. The van der Waals surface area contributed by atoms with Crippen molar-refractivity contribution in [3.63, 3.8) is 0 Å². The number of hydrogen-bond acceptors (Lipinski definition) is 2. The van der Waals surface area contributed by atoms with Crippen molar-refractivity contribution in [1.29, 1.82) is 0 Å². The number of nitrogens with zero attached hydrogens (tertiary/aromatic N) is 1. The molecule has 2 aromatic rings. The van der Waals surface area contributed by atoms with E-state index in [1.807, 2.05) is 74.5 Å². The number of carbonyl (C=O) groups is 2. The molecule has 132 valence electrons. The lowest BCUT2D eigenvalue weighted by atomic mass is 9.91. The van der Waals surface area contributed by atoms with Crippen LogP contribution in [0.5, 0.6) is 0 Å². The van der Waals surface area contributed by atoms with Crippen LogP contribution in [0.15, 0.2) is 78.0 Å². The van der Waals surface area contributed by atoms with Crippen molar-refractivity contribution in [2.45, 2.75) is 19.9 Å². The van der Waals surface area contributed by atoms with Crippen LogP contribution in [-0.4, -0.2) is 23.3 Å². The summed E-state index contributed by atoms with van der Waals surface area (Å²) in [5.74, 6) is -0.0985. The molecule has 2 amide bonds. The third-order valence-electron chi connectivity index (χ3n) is 4.54. The third kappa shape index (κ3) is 3.59. The van der Waals surface area contributed by atoms with Gasteiger partial charge in [0.05, 0.1) is 6.04 Å². The van der Waals surface area contributed by atoms with Gasteiger partial charge in [-0.15, -0.1) is 0 Å². The molecule has 2 aromatic carbocycles. The highest BCUT2D eigenvalue weighted by Crippen LogP contribution is 2.31. The number of amides is 2. The molecule has 0 unspecified atom stereocenters. The summed E-state index contributed by atoms with van der Waals surface area (Å²) in [5, 5.41) is 2.97. The Balaban J connectivity index is 2.00. The van der Waals surface area contributed by atoms with Crippen LogP contribution in [-0.2, 0) is 4.79 Å². The van der Waals surface area contributed by atoms with Crippen molar-refractivity contribution in [2.75, 3.05) is 6.54 Å². The Morgan fingerprint density at radius 1 is 1.08 bits per heavy atom. The van der Waals surface area contributed by atoms with Gasteiger partial charge < -0.3 is 5.32 Å². The minimum absolute atomic E-state index is 0.0985. The van der Waals surface area contributed by atoms with E-state index in [0.717, 1.165) is 11.1 Å². The zero-order valence-electron chi connectivity index (χ0n) is 15.0. The Kier molecular flexibility index (Phi) is 5.32. The van der Waals surface area contributed by atoms with Crippen LogP contribution in [0, 0.1) is 0 Å². The maximum atomic E-state index is 13.0. The topological polar surface area (TPSA) is 49.4 Å². The summed E-state index contributed by atoms with van der Waals surface area (Å²) in [5.41, 5.74) is 3.16.